The highest BCUT2D eigenvalue weighted by Crippen LogP contribution is 2.22. The Hall–Kier alpha value is -1.51. The first-order valence-electron chi connectivity index (χ1n) is 9.46. The number of aliphatic hydroxyl groups is 1. The van der Waals surface area contributed by atoms with Gasteiger partial charge in [0.25, 0.3) is 0 Å². The smallest absolute Gasteiger partial charge is 0.219 e. The zero-order valence-electron chi connectivity index (χ0n) is 16.2. The van der Waals surface area contributed by atoms with E-state index in [9.17, 15) is 9.90 Å². The van der Waals surface area contributed by atoms with Crippen molar-refractivity contribution in [2.45, 2.75) is 76.8 Å². The van der Waals surface area contributed by atoms with Crippen molar-refractivity contribution in [2.75, 3.05) is 19.7 Å². The number of nitrogens with one attached hydrogen (secondary N) is 1. The number of hydrogen-bond acceptors (Lipinski definition) is 6. The summed E-state index contributed by atoms with van der Waals surface area (Å²) in [4.78, 5) is 13.3. The van der Waals surface area contributed by atoms with E-state index in [1.807, 2.05) is 11.1 Å². The van der Waals surface area contributed by atoms with E-state index in [0.29, 0.717) is 13.2 Å². The molecule has 8 heteroatoms. The maximum atomic E-state index is 11.5. The number of likely N-dealkylation sites (tertiary alicyclic amines) is 1. The van der Waals surface area contributed by atoms with Crippen molar-refractivity contribution in [1.82, 2.24) is 25.2 Å². The minimum absolute atomic E-state index is 0.0450. The molecule has 2 N–H and O–H groups in total. The molecule has 146 valence electrons. The molecule has 2 aliphatic heterocycles. The summed E-state index contributed by atoms with van der Waals surface area (Å²) in [6.45, 7) is 10.3. The highest BCUT2D eigenvalue weighted by molar-refractivity contribution is 5.73. The molecule has 2 fully saturated rings. The third kappa shape index (κ3) is 4.42. The fourth-order valence-electron chi connectivity index (χ4n) is 3.61. The summed E-state index contributed by atoms with van der Waals surface area (Å²) in [5.74, 6) is 0.131. The van der Waals surface area contributed by atoms with Gasteiger partial charge in [-0.3, -0.25) is 4.79 Å². The Morgan fingerprint density at radius 2 is 2.08 bits per heavy atom. The quantitative estimate of drug-likeness (QED) is 0.798. The summed E-state index contributed by atoms with van der Waals surface area (Å²) >= 11 is 0. The van der Waals surface area contributed by atoms with Crippen LogP contribution < -0.4 is 5.32 Å². The predicted octanol–water partition coefficient (Wildman–Crippen LogP) is 0.304. The first-order valence-corrected chi connectivity index (χ1v) is 9.46. The molecule has 2 saturated heterocycles. The molecule has 0 spiro atoms. The fourth-order valence-corrected chi connectivity index (χ4v) is 3.61. The topological polar surface area (TPSA) is 92.5 Å². The van der Waals surface area contributed by atoms with Gasteiger partial charge in [0, 0.05) is 37.7 Å². The predicted molar refractivity (Wildman–Crippen MR) is 96.7 cm³/mol. The van der Waals surface area contributed by atoms with Crippen LogP contribution in [0.2, 0.25) is 0 Å². The Bertz CT molecular complexity index is 619. The summed E-state index contributed by atoms with van der Waals surface area (Å²) in [6, 6.07) is 0.154. The van der Waals surface area contributed by atoms with Crippen molar-refractivity contribution in [3.8, 4) is 0 Å². The van der Waals surface area contributed by atoms with Crippen LogP contribution in [0.15, 0.2) is 6.20 Å². The van der Waals surface area contributed by atoms with Gasteiger partial charge < -0.3 is 20.1 Å². The van der Waals surface area contributed by atoms with Crippen molar-refractivity contribution in [3.63, 3.8) is 0 Å². The summed E-state index contributed by atoms with van der Waals surface area (Å²) in [5, 5.41) is 22.4. The van der Waals surface area contributed by atoms with Gasteiger partial charge in [-0.2, -0.15) is 0 Å². The normalized spacial score (nSPS) is 27.9. The molecule has 26 heavy (non-hydrogen) atoms. The number of piperidine rings is 1. The van der Waals surface area contributed by atoms with E-state index in [-0.39, 0.29) is 29.5 Å². The summed E-state index contributed by atoms with van der Waals surface area (Å²) in [5.41, 5.74) is 0.897. The molecular weight excluding hydrogens is 334 g/mol. The number of carbonyl (C=O) groups excluding carboxylic acids is 1. The lowest BCUT2D eigenvalue weighted by Crippen LogP contribution is -2.53. The average molecular weight is 365 g/mol. The second kappa shape index (κ2) is 7.62. The average Bonchev–Trinajstić information content (AvgIpc) is 3.17. The van der Waals surface area contributed by atoms with E-state index in [2.05, 4.69) is 36.4 Å². The first kappa shape index (κ1) is 19.3. The molecule has 8 nitrogen and oxygen atoms in total. The number of aliphatic hydroxyl groups excluding tert-OH is 1. The lowest BCUT2D eigenvalue weighted by Gasteiger charge is -2.34. The van der Waals surface area contributed by atoms with Crippen LogP contribution in [0.25, 0.3) is 0 Å². The number of carbonyl (C=O) groups is 1. The van der Waals surface area contributed by atoms with Crippen molar-refractivity contribution in [2.24, 2.45) is 0 Å². The van der Waals surface area contributed by atoms with Crippen LogP contribution >= 0.6 is 0 Å². The molecule has 3 rings (SSSR count). The number of aromatic nitrogens is 3. The summed E-state index contributed by atoms with van der Waals surface area (Å²) in [6.07, 6.45) is 3.07. The van der Waals surface area contributed by atoms with Crippen LogP contribution in [-0.2, 0) is 21.5 Å². The summed E-state index contributed by atoms with van der Waals surface area (Å²) < 4.78 is 7.61. The number of amides is 1. The maximum Gasteiger partial charge on any atom is 0.219 e. The monoisotopic (exact) mass is 365 g/mol. The van der Waals surface area contributed by atoms with E-state index in [0.717, 1.165) is 31.6 Å². The molecule has 0 saturated carbocycles. The molecule has 0 bridgehead atoms. The van der Waals surface area contributed by atoms with Crippen LogP contribution in [-0.4, -0.2) is 74.9 Å². The molecule has 0 aliphatic carbocycles. The SMILES string of the molecule is CC(=O)N1CCC(N[C@@H]2[C@@H](O)CO[C@@H]2Cn2cc(C(C)(C)C)nn2)CC1. The number of ether oxygens (including phenoxy) is 1. The fraction of sp³-hybridized carbons (Fsp3) is 0.833. The van der Waals surface area contributed by atoms with Crippen molar-refractivity contribution in [3.05, 3.63) is 11.9 Å². The van der Waals surface area contributed by atoms with E-state index in [4.69, 9.17) is 4.74 Å². The zero-order valence-corrected chi connectivity index (χ0v) is 16.2. The van der Waals surface area contributed by atoms with Crippen LogP contribution in [0.4, 0.5) is 0 Å². The standard InChI is InChI=1S/C18H31N5O3/c1-12(24)22-7-5-13(6-8-22)19-17-14(25)11-26-15(17)9-23-10-16(20-21-23)18(2,3)4/h10,13-15,17,19,25H,5-9,11H2,1-4H3/t14-,15+,17+/m0/s1. The van der Waals surface area contributed by atoms with Gasteiger partial charge >= 0.3 is 0 Å². The van der Waals surface area contributed by atoms with Crippen molar-refractivity contribution in [1.29, 1.82) is 0 Å². The largest absolute Gasteiger partial charge is 0.389 e. The van der Waals surface area contributed by atoms with Crippen LogP contribution in [0.3, 0.4) is 0 Å². The van der Waals surface area contributed by atoms with Gasteiger partial charge in [-0.25, -0.2) is 4.68 Å². The van der Waals surface area contributed by atoms with Gasteiger partial charge in [-0.05, 0) is 12.8 Å². The third-order valence-electron chi connectivity index (χ3n) is 5.34. The van der Waals surface area contributed by atoms with Gasteiger partial charge in [-0.1, -0.05) is 26.0 Å². The highest BCUT2D eigenvalue weighted by Gasteiger charge is 2.38. The Morgan fingerprint density at radius 1 is 1.38 bits per heavy atom. The Balaban J connectivity index is 1.58. The Morgan fingerprint density at radius 3 is 2.65 bits per heavy atom. The third-order valence-corrected chi connectivity index (χ3v) is 5.34. The van der Waals surface area contributed by atoms with Gasteiger partial charge in [0.05, 0.1) is 37.1 Å². The second-order valence-corrected chi connectivity index (χ2v) is 8.49. The van der Waals surface area contributed by atoms with E-state index < -0.39 is 6.10 Å². The van der Waals surface area contributed by atoms with E-state index in [1.54, 1.807) is 11.6 Å². The van der Waals surface area contributed by atoms with Crippen molar-refractivity contribution >= 4 is 5.91 Å². The molecule has 1 aromatic rings. The molecule has 0 unspecified atom stereocenters. The molecule has 0 radical (unpaired) electrons. The van der Waals surface area contributed by atoms with Crippen LogP contribution in [0, 0.1) is 0 Å². The molecular formula is C18H31N5O3. The Kier molecular flexibility index (Phi) is 5.64. The van der Waals surface area contributed by atoms with Gasteiger partial charge in [0.1, 0.15) is 0 Å². The number of hydrogen-bond donors (Lipinski definition) is 2. The number of rotatable bonds is 4. The first-order chi connectivity index (χ1) is 12.2. The van der Waals surface area contributed by atoms with Gasteiger partial charge in [0.15, 0.2) is 0 Å². The maximum absolute atomic E-state index is 11.5. The highest BCUT2D eigenvalue weighted by atomic mass is 16.5. The van der Waals surface area contributed by atoms with Crippen LogP contribution in [0.5, 0.6) is 0 Å². The molecule has 0 aromatic carbocycles. The van der Waals surface area contributed by atoms with Crippen molar-refractivity contribution < 1.29 is 14.6 Å². The molecule has 3 atom stereocenters. The molecule has 3 heterocycles. The second-order valence-electron chi connectivity index (χ2n) is 8.49. The summed E-state index contributed by atoms with van der Waals surface area (Å²) in [7, 11) is 0. The molecule has 1 aromatic heterocycles. The zero-order chi connectivity index (χ0) is 18.9. The number of nitrogens with zero attached hydrogens (tertiary/aromatic N) is 4. The molecule has 1 amide bonds. The lowest BCUT2D eigenvalue weighted by atomic mass is 9.93. The van der Waals surface area contributed by atoms with E-state index >= 15 is 0 Å². The lowest BCUT2D eigenvalue weighted by molar-refractivity contribution is -0.130. The minimum atomic E-state index is -0.531. The van der Waals surface area contributed by atoms with E-state index in [1.165, 1.54) is 0 Å². The molecule has 2 aliphatic rings. The minimum Gasteiger partial charge on any atom is -0.389 e. The van der Waals surface area contributed by atoms with Crippen LogP contribution in [0.1, 0.15) is 46.2 Å². The Labute approximate surface area is 154 Å². The van der Waals surface area contributed by atoms with Gasteiger partial charge in [0.2, 0.25) is 5.91 Å². The van der Waals surface area contributed by atoms with Gasteiger partial charge in [-0.15, -0.1) is 5.10 Å².